The highest BCUT2D eigenvalue weighted by atomic mass is 35.5. The van der Waals surface area contributed by atoms with Crippen molar-refractivity contribution in [3.8, 4) is 0 Å². The summed E-state index contributed by atoms with van der Waals surface area (Å²) in [6, 6.07) is 5.10. The average molecular weight is 200 g/mol. The van der Waals surface area contributed by atoms with Gasteiger partial charge in [-0.15, -0.1) is 0 Å². The van der Waals surface area contributed by atoms with Gasteiger partial charge in [0, 0.05) is 14.3 Å². The van der Waals surface area contributed by atoms with Crippen LogP contribution in [0.15, 0.2) is 18.3 Å². The molecule has 0 saturated carbocycles. The normalized spacial score (nSPS) is 11.7. The Hall–Kier alpha value is -0.343. The second-order valence-corrected chi connectivity index (χ2v) is 10.1. The molecular weight excluding hydrogens is 186 g/mol. The van der Waals surface area contributed by atoms with E-state index in [2.05, 4.69) is 30.7 Å². The molecule has 0 aliphatic carbocycles. The van der Waals surface area contributed by atoms with Crippen LogP contribution in [0.4, 0.5) is 0 Å². The maximum absolute atomic E-state index is 5.68. The zero-order valence-corrected chi connectivity index (χ0v) is 9.52. The van der Waals surface area contributed by atoms with Crippen LogP contribution >= 0.6 is 11.6 Å². The van der Waals surface area contributed by atoms with E-state index in [0.717, 1.165) is 0 Å². The van der Waals surface area contributed by atoms with E-state index >= 15 is 0 Å². The summed E-state index contributed by atoms with van der Waals surface area (Å²) in [5.41, 5.74) is 1.30. The fraction of sp³-hybridized carbons (Fsp3) is 0.444. The largest absolute Gasteiger partial charge is 0.244 e. The van der Waals surface area contributed by atoms with E-state index in [1.807, 2.05) is 12.3 Å². The highest BCUT2D eigenvalue weighted by Gasteiger charge is 2.13. The molecule has 0 saturated heterocycles. The third-order valence-corrected chi connectivity index (χ3v) is 3.22. The molecule has 3 heteroatoms. The van der Waals surface area contributed by atoms with Gasteiger partial charge in [0.05, 0.1) is 0 Å². The standard InChI is InChI=1S/C9H14ClNSi/c1-12(2,3)7-8-4-5-9(10)11-6-8/h4-6H,7H2,1-3H3. The van der Waals surface area contributed by atoms with Crippen molar-refractivity contribution in [3.63, 3.8) is 0 Å². The molecule has 0 aliphatic rings. The Balaban J connectivity index is 2.71. The molecule has 0 atom stereocenters. The predicted octanol–water partition coefficient (Wildman–Crippen LogP) is 3.15. The quantitative estimate of drug-likeness (QED) is 0.527. The van der Waals surface area contributed by atoms with Crippen molar-refractivity contribution in [1.29, 1.82) is 0 Å². The summed E-state index contributed by atoms with van der Waals surface area (Å²) >= 11 is 5.68. The molecular formula is C9H14ClNSi. The van der Waals surface area contributed by atoms with Crippen molar-refractivity contribution in [2.24, 2.45) is 0 Å². The Morgan fingerprint density at radius 1 is 1.33 bits per heavy atom. The van der Waals surface area contributed by atoms with Gasteiger partial charge >= 0.3 is 0 Å². The summed E-state index contributed by atoms with van der Waals surface area (Å²) < 4.78 is 0. The molecule has 0 amide bonds. The van der Waals surface area contributed by atoms with Crippen LogP contribution in [-0.4, -0.2) is 13.1 Å². The summed E-state index contributed by atoms with van der Waals surface area (Å²) in [5.74, 6) is 0. The van der Waals surface area contributed by atoms with Crippen molar-refractivity contribution in [2.75, 3.05) is 0 Å². The SMILES string of the molecule is C[Si](C)(C)Cc1ccc(Cl)nc1. The Morgan fingerprint density at radius 3 is 2.42 bits per heavy atom. The molecule has 0 unspecified atom stereocenters. The van der Waals surface area contributed by atoms with E-state index in [9.17, 15) is 0 Å². The van der Waals surface area contributed by atoms with Gasteiger partial charge in [0.15, 0.2) is 0 Å². The second kappa shape index (κ2) is 3.58. The van der Waals surface area contributed by atoms with Crippen LogP contribution in [0.2, 0.25) is 24.8 Å². The highest BCUT2D eigenvalue weighted by molar-refractivity contribution is 6.75. The summed E-state index contributed by atoms with van der Waals surface area (Å²) in [7, 11) is -0.999. The van der Waals surface area contributed by atoms with Crippen molar-refractivity contribution < 1.29 is 0 Å². The van der Waals surface area contributed by atoms with Gasteiger partial charge < -0.3 is 0 Å². The molecule has 1 rings (SSSR count). The maximum atomic E-state index is 5.68. The molecule has 1 nitrogen and oxygen atoms in total. The first-order valence-corrected chi connectivity index (χ1v) is 8.16. The molecule has 66 valence electrons. The minimum Gasteiger partial charge on any atom is -0.244 e. The topological polar surface area (TPSA) is 12.9 Å². The lowest BCUT2D eigenvalue weighted by molar-refractivity contribution is 1.21. The second-order valence-electron chi connectivity index (χ2n) is 4.23. The van der Waals surface area contributed by atoms with Gasteiger partial charge in [-0.3, -0.25) is 0 Å². The van der Waals surface area contributed by atoms with Crippen LogP contribution in [-0.2, 0) is 6.04 Å². The lowest BCUT2D eigenvalue weighted by atomic mass is 10.3. The van der Waals surface area contributed by atoms with Crippen LogP contribution in [0.5, 0.6) is 0 Å². The molecule has 1 aromatic heterocycles. The fourth-order valence-corrected chi connectivity index (χ4v) is 2.67. The predicted molar refractivity (Wildman–Crippen MR) is 56.3 cm³/mol. The molecule has 0 fully saturated rings. The van der Waals surface area contributed by atoms with Crippen LogP contribution in [0.1, 0.15) is 5.56 Å². The van der Waals surface area contributed by atoms with Gasteiger partial charge in [0.25, 0.3) is 0 Å². The van der Waals surface area contributed by atoms with Gasteiger partial charge in [-0.2, -0.15) is 0 Å². The number of hydrogen-bond donors (Lipinski definition) is 0. The van der Waals surface area contributed by atoms with Gasteiger partial charge in [0.2, 0.25) is 0 Å². The van der Waals surface area contributed by atoms with Gasteiger partial charge in [-0.25, -0.2) is 4.98 Å². The number of pyridine rings is 1. The van der Waals surface area contributed by atoms with Crippen LogP contribution in [0.3, 0.4) is 0 Å². The van der Waals surface area contributed by atoms with E-state index in [-0.39, 0.29) is 0 Å². The lowest BCUT2D eigenvalue weighted by Crippen LogP contribution is -2.23. The van der Waals surface area contributed by atoms with Crippen molar-refractivity contribution in [3.05, 3.63) is 29.0 Å². The van der Waals surface area contributed by atoms with E-state index in [4.69, 9.17) is 11.6 Å². The zero-order chi connectivity index (χ0) is 9.19. The summed E-state index contributed by atoms with van der Waals surface area (Å²) in [6.45, 7) is 7.05. The Labute approximate surface area is 79.8 Å². The zero-order valence-electron chi connectivity index (χ0n) is 7.76. The monoisotopic (exact) mass is 199 g/mol. The first-order chi connectivity index (χ1) is 5.47. The number of halogens is 1. The molecule has 12 heavy (non-hydrogen) atoms. The van der Waals surface area contributed by atoms with Crippen LogP contribution < -0.4 is 0 Å². The molecule has 0 N–H and O–H groups in total. The summed E-state index contributed by atoms with van der Waals surface area (Å²) in [4.78, 5) is 4.05. The number of rotatable bonds is 2. The molecule has 0 aromatic carbocycles. The number of nitrogens with zero attached hydrogens (tertiary/aromatic N) is 1. The van der Waals surface area contributed by atoms with Crippen molar-refractivity contribution in [2.45, 2.75) is 25.7 Å². The van der Waals surface area contributed by atoms with Crippen molar-refractivity contribution in [1.82, 2.24) is 4.98 Å². The first-order valence-electron chi connectivity index (χ1n) is 4.08. The van der Waals surface area contributed by atoms with E-state index in [1.54, 1.807) is 0 Å². The van der Waals surface area contributed by atoms with Crippen LogP contribution in [0.25, 0.3) is 0 Å². The summed E-state index contributed by atoms with van der Waals surface area (Å²) in [5, 5.41) is 0.578. The van der Waals surface area contributed by atoms with Gasteiger partial charge in [0.1, 0.15) is 5.15 Å². The fourth-order valence-electron chi connectivity index (χ4n) is 1.12. The lowest BCUT2D eigenvalue weighted by Gasteiger charge is -2.14. The van der Waals surface area contributed by atoms with Crippen molar-refractivity contribution >= 4 is 19.7 Å². The number of hydrogen-bond acceptors (Lipinski definition) is 1. The summed E-state index contributed by atoms with van der Waals surface area (Å²) in [6.07, 6.45) is 1.88. The Morgan fingerprint density at radius 2 is 2.00 bits per heavy atom. The Bertz CT molecular complexity index is 250. The van der Waals surface area contributed by atoms with Crippen LogP contribution in [0, 0.1) is 0 Å². The third kappa shape index (κ3) is 3.37. The minimum atomic E-state index is -0.999. The molecule has 1 aromatic rings. The minimum absolute atomic E-state index is 0.578. The smallest absolute Gasteiger partial charge is 0.129 e. The van der Waals surface area contributed by atoms with E-state index < -0.39 is 8.07 Å². The third-order valence-electron chi connectivity index (χ3n) is 1.52. The van der Waals surface area contributed by atoms with E-state index in [0.29, 0.717) is 5.15 Å². The van der Waals surface area contributed by atoms with Gasteiger partial charge in [-0.05, 0) is 17.7 Å². The highest BCUT2D eigenvalue weighted by Crippen LogP contribution is 2.12. The molecule has 0 aliphatic heterocycles. The molecule has 0 bridgehead atoms. The molecule has 0 radical (unpaired) electrons. The molecule has 1 heterocycles. The first kappa shape index (κ1) is 9.74. The maximum Gasteiger partial charge on any atom is 0.129 e. The molecule has 0 spiro atoms. The number of aromatic nitrogens is 1. The average Bonchev–Trinajstić information content (AvgIpc) is 1.91. The van der Waals surface area contributed by atoms with E-state index in [1.165, 1.54) is 11.6 Å². The Kier molecular flexibility index (Phi) is 2.91. The van der Waals surface area contributed by atoms with Gasteiger partial charge in [-0.1, -0.05) is 37.3 Å².